The molecule has 7 heteroatoms. The third-order valence-electron chi connectivity index (χ3n) is 5.51. The fourth-order valence-electron chi connectivity index (χ4n) is 3.75. The maximum Gasteiger partial charge on any atom is 0.228 e. The zero-order valence-electron chi connectivity index (χ0n) is 15.7. The van der Waals surface area contributed by atoms with Gasteiger partial charge in [-0.15, -0.1) is 0 Å². The normalized spacial score (nSPS) is 25.7. The van der Waals surface area contributed by atoms with Crippen LogP contribution in [-0.4, -0.2) is 57.1 Å². The monoisotopic (exact) mass is 361 g/mol. The maximum absolute atomic E-state index is 12.9. The van der Waals surface area contributed by atoms with Crippen LogP contribution in [0.15, 0.2) is 18.2 Å². The number of carbonyl (C=O) groups is 2. The zero-order chi connectivity index (χ0) is 18.9. The molecule has 3 rings (SSSR count). The van der Waals surface area contributed by atoms with Gasteiger partial charge in [0.25, 0.3) is 0 Å². The molecule has 1 aromatic rings. The Labute approximate surface area is 154 Å². The fourth-order valence-corrected chi connectivity index (χ4v) is 3.75. The van der Waals surface area contributed by atoms with Crippen molar-refractivity contribution in [1.29, 1.82) is 0 Å². The van der Waals surface area contributed by atoms with Crippen molar-refractivity contribution < 1.29 is 19.1 Å². The molecule has 142 valence electrons. The number of likely N-dealkylation sites (tertiary alicyclic amines) is 1. The lowest BCUT2D eigenvalue weighted by Crippen LogP contribution is -2.38. The van der Waals surface area contributed by atoms with Crippen molar-refractivity contribution in [3.8, 4) is 11.5 Å². The lowest BCUT2D eigenvalue weighted by atomic mass is 9.90. The average molecular weight is 361 g/mol. The molecule has 2 aliphatic heterocycles. The van der Waals surface area contributed by atoms with E-state index in [1.54, 1.807) is 37.3 Å². The molecule has 2 aliphatic rings. The van der Waals surface area contributed by atoms with E-state index in [9.17, 15) is 9.59 Å². The van der Waals surface area contributed by atoms with E-state index in [4.69, 9.17) is 15.2 Å². The van der Waals surface area contributed by atoms with Crippen molar-refractivity contribution >= 4 is 17.5 Å². The lowest BCUT2D eigenvalue weighted by molar-refractivity contribution is -0.135. The number of carbonyl (C=O) groups excluding carboxylic acids is 2. The van der Waals surface area contributed by atoms with Gasteiger partial charge >= 0.3 is 0 Å². The standard InChI is InChI=1S/C19H27N3O4/c1-19(11-20)6-7-21(12-19)18(24)13-8-17(23)22(10-13)15-5-4-14(25-2)9-16(15)26-3/h4-5,9,13H,6-8,10-12,20H2,1-3H3. The van der Waals surface area contributed by atoms with Gasteiger partial charge in [0.2, 0.25) is 11.8 Å². The van der Waals surface area contributed by atoms with Crippen molar-refractivity contribution in [3.05, 3.63) is 18.2 Å². The Bertz CT molecular complexity index is 708. The number of rotatable bonds is 5. The minimum atomic E-state index is -0.325. The molecule has 0 radical (unpaired) electrons. The van der Waals surface area contributed by atoms with E-state index in [0.29, 0.717) is 43.4 Å². The smallest absolute Gasteiger partial charge is 0.228 e. The second-order valence-electron chi connectivity index (χ2n) is 7.47. The minimum Gasteiger partial charge on any atom is -0.497 e. The summed E-state index contributed by atoms with van der Waals surface area (Å²) in [4.78, 5) is 28.9. The number of nitrogens with zero attached hydrogens (tertiary/aromatic N) is 2. The summed E-state index contributed by atoms with van der Waals surface area (Å²) in [5.74, 6) is 0.873. The second kappa shape index (κ2) is 7.15. The van der Waals surface area contributed by atoms with Gasteiger partial charge in [-0.2, -0.15) is 0 Å². The first-order valence-electron chi connectivity index (χ1n) is 8.92. The van der Waals surface area contributed by atoms with Crippen LogP contribution in [0.3, 0.4) is 0 Å². The maximum atomic E-state index is 12.9. The van der Waals surface area contributed by atoms with Crippen molar-refractivity contribution in [2.45, 2.75) is 19.8 Å². The van der Waals surface area contributed by atoms with Gasteiger partial charge in [0, 0.05) is 32.1 Å². The number of hydrogen-bond acceptors (Lipinski definition) is 5. The summed E-state index contributed by atoms with van der Waals surface area (Å²) < 4.78 is 10.6. The summed E-state index contributed by atoms with van der Waals surface area (Å²) in [6.45, 7) is 4.42. The number of hydrogen-bond donors (Lipinski definition) is 1. The molecule has 26 heavy (non-hydrogen) atoms. The number of amides is 2. The molecule has 0 saturated carbocycles. The Morgan fingerprint density at radius 2 is 2.12 bits per heavy atom. The minimum absolute atomic E-state index is 0.0167. The summed E-state index contributed by atoms with van der Waals surface area (Å²) in [5.41, 5.74) is 6.49. The molecule has 0 aliphatic carbocycles. The second-order valence-corrected chi connectivity index (χ2v) is 7.47. The van der Waals surface area contributed by atoms with Crippen LogP contribution in [0.2, 0.25) is 0 Å². The molecule has 2 amide bonds. The molecular formula is C19H27N3O4. The predicted molar refractivity (Wildman–Crippen MR) is 98.4 cm³/mol. The number of ether oxygens (including phenoxy) is 2. The Hall–Kier alpha value is -2.28. The van der Waals surface area contributed by atoms with Crippen LogP contribution in [-0.2, 0) is 9.59 Å². The molecule has 1 aromatic carbocycles. The van der Waals surface area contributed by atoms with Gasteiger partial charge in [-0.3, -0.25) is 9.59 Å². The van der Waals surface area contributed by atoms with E-state index >= 15 is 0 Å². The molecule has 2 heterocycles. The highest BCUT2D eigenvalue weighted by Gasteiger charge is 2.42. The quantitative estimate of drug-likeness (QED) is 0.853. The molecule has 2 unspecified atom stereocenters. The molecule has 7 nitrogen and oxygen atoms in total. The Kier molecular flexibility index (Phi) is 5.09. The Balaban J connectivity index is 1.74. The molecule has 2 atom stereocenters. The summed E-state index contributed by atoms with van der Waals surface area (Å²) in [6.07, 6.45) is 1.13. The van der Waals surface area contributed by atoms with Crippen molar-refractivity contribution in [2.75, 3.05) is 45.3 Å². The van der Waals surface area contributed by atoms with Crippen LogP contribution >= 0.6 is 0 Å². The van der Waals surface area contributed by atoms with E-state index in [2.05, 4.69) is 6.92 Å². The molecule has 2 fully saturated rings. The fraction of sp³-hybridized carbons (Fsp3) is 0.579. The van der Waals surface area contributed by atoms with Crippen LogP contribution in [0.25, 0.3) is 0 Å². The molecule has 0 aromatic heterocycles. The zero-order valence-corrected chi connectivity index (χ0v) is 15.7. The van der Waals surface area contributed by atoms with Crippen LogP contribution in [0.5, 0.6) is 11.5 Å². The van der Waals surface area contributed by atoms with Crippen molar-refractivity contribution in [2.24, 2.45) is 17.1 Å². The van der Waals surface area contributed by atoms with E-state index in [1.165, 1.54) is 0 Å². The molecule has 2 N–H and O–H groups in total. The Morgan fingerprint density at radius 3 is 2.73 bits per heavy atom. The van der Waals surface area contributed by atoms with Crippen LogP contribution < -0.4 is 20.1 Å². The van der Waals surface area contributed by atoms with Gasteiger partial charge < -0.3 is 25.0 Å². The van der Waals surface area contributed by atoms with Gasteiger partial charge in [0.1, 0.15) is 11.5 Å². The van der Waals surface area contributed by atoms with E-state index in [-0.39, 0.29) is 29.6 Å². The summed E-state index contributed by atoms with van der Waals surface area (Å²) in [6, 6.07) is 5.32. The van der Waals surface area contributed by atoms with Crippen molar-refractivity contribution in [3.63, 3.8) is 0 Å². The predicted octanol–water partition coefficient (Wildman–Crippen LogP) is 1.25. The number of methoxy groups -OCH3 is 2. The third-order valence-corrected chi connectivity index (χ3v) is 5.51. The van der Waals surface area contributed by atoms with E-state index in [0.717, 1.165) is 6.42 Å². The Morgan fingerprint density at radius 1 is 1.35 bits per heavy atom. The lowest BCUT2D eigenvalue weighted by Gasteiger charge is -2.25. The van der Waals surface area contributed by atoms with Gasteiger partial charge in [-0.25, -0.2) is 0 Å². The molecule has 0 spiro atoms. The van der Waals surface area contributed by atoms with Gasteiger partial charge in [-0.05, 0) is 30.5 Å². The first-order valence-corrected chi connectivity index (χ1v) is 8.92. The number of anilines is 1. The van der Waals surface area contributed by atoms with Crippen molar-refractivity contribution in [1.82, 2.24) is 4.90 Å². The summed E-state index contributed by atoms with van der Waals surface area (Å²) in [7, 11) is 3.13. The largest absolute Gasteiger partial charge is 0.497 e. The van der Waals surface area contributed by atoms with Gasteiger partial charge in [0.05, 0.1) is 25.8 Å². The highest BCUT2D eigenvalue weighted by Crippen LogP contribution is 2.37. The summed E-state index contributed by atoms with van der Waals surface area (Å²) in [5, 5.41) is 0. The van der Waals surface area contributed by atoms with Crippen LogP contribution in [0.1, 0.15) is 19.8 Å². The SMILES string of the molecule is COc1ccc(N2CC(C(=O)N3CCC(C)(CN)C3)CC2=O)c(OC)c1. The summed E-state index contributed by atoms with van der Waals surface area (Å²) >= 11 is 0. The van der Waals surface area contributed by atoms with E-state index in [1.807, 2.05) is 4.90 Å². The topological polar surface area (TPSA) is 85.1 Å². The first-order chi connectivity index (χ1) is 12.4. The van der Waals surface area contributed by atoms with Crippen LogP contribution in [0.4, 0.5) is 5.69 Å². The third kappa shape index (κ3) is 3.35. The van der Waals surface area contributed by atoms with Gasteiger partial charge in [-0.1, -0.05) is 6.92 Å². The number of nitrogens with two attached hydrogens (primary N) is 1. The van der Waals surface area contributed by atoms with Gasteiger partial charge in [0.15, 0.2) is 0 Å². The highest BCUT2D eigenvalue weighted by molar-refractivity contribution is 6.01. The number of benzene rings is 1. The average Bonchev–Trinajstić information content (AvgIpc) is 3.24. The molecular weight excluding hydrogens is 334 g/mol. The highest BCUT2D eigenvalue weighted by atomic mass is 16.5. The van der Waals surface area contributed by atoms with E-state index < -0.39 is 0 Å². The molecule has 2 saturated heterocycles. The van der Waals surface area contributed by atoms with Crippen LogP contribution in [0, 0.1) is 11.3 Å². The molecule has 0 bridgehead atoms. The first kappa shape index (κ1) is 18.5.